The summed E-state index contributed by atoms with van der Waals surface area (Å²) < 4.78 is 40.5. The van der Waals surface area contributed by atoms with Crippen molar-refractivity contribution in [3.05, 3.63) is 82.4 Å². The van der Waals surface area contributed by atoms with Gasteiger partial charge in [-0.25, -0.2) is 18.2 Å². The van der Waals surface area contributed by atoms with Gasteiger partial charge < -0.3 is 4.57 Å². The highest BCUT2D eigenvalue weighted by Crippen LogP contribution is 2.21. The monoisotopic (exact) mass is 476 g/mol. The molecule has 0 spiro atoms. The van der Waals surface area contributed by atoms with Gasteiger partial charge in [-0.15, -0.1) is 0 Å². The van der Waals surface area contributed by atoms with Crippen LogP contribution in [-0.2, 0) is 14.8 Å². The molecule has 10 heteroatoms. The van der Waals surface area contributed by atoms with E-state index in [4.69, 9.17) is 11.6 Å². The van der Waals surface area contributed by atoms with Gasteiger partial charge in [0.05, 0.1) is 18.2 Å². The Morgan fingerprint density at radius 2 is 1.88 bits per heavy atom. The number of nitrogens with zero attached hydrogens (tertiary/aromatic N) is 3. The Morgan fingerprint density at radius 1 is 1.19 bits per heavy atom. The Balaban J connectivity index is 1.73. The lowest BCUT2D eigenvalue weighted by molar-refractivity contribution is -0.119. The maximum Gasteiger partial charge on any atom is 0.260 e. The van der Waals surface area contributed by atoms with E-state index in [1.165, 1.54) is 24.4 Å². The summed E-state index contributed by atoms with van der Waals surface area (Å²) in [6, 6.07) is 14.3. The Hall–Kier alpha value is -3.17. The fourth-order valence-corrected chi connectivity index (χ4v) is 4.25. The van der Waals surface area contributed by atoms with Crippen molar-refractivity contribution in [3.8, 4) is 5.69 Å². The maximum absolute atomic E-state index is 13.5. The molecule has 0 saturated carbocycles. The van der Waals surface area contributed by atoms with Crippen molar-refractivity contribution in [1.82, 2.24) is 9.99 Å². The Morgan fingerprint density at radius 3 is 2.50 bits per heavy atom. The minimum atomic E-state index is -3.81. The second-order valence-corrected chi connectivity index (χ2v) is 9.52. The fraction of sp³-hybridized carbons (Fsp3) is 0.182. The molecule has 0 bridgehead atoms. The summed E-state index contributed by atoms with van der Waals surface area (Å²) in [6.07, 6.45) is 2.43. The number of amides is 1. The number of hydrazone groups is 1. The largest absolute Gasteiger partial charge is 0.318 e. The number of rotatable bonds is 7. The molecule has 32 heavy (non-hydrogen) atoms. The van der Waals surface area contributed by atoms with Crippen molar-refractivity contribution in [2.24, 2.45) is 5.10 Å². The zero-order chi connectivity index (χ0) is 23.5. The summed E-state index contributed by atoms with van der Waals surface area (Å²) >= 11 is 5.96. The van der Waals surface area contributed by atoms with Crippen LogP contribution in [-0.4, -0.2) is 37.9 Å². The standard InChI is InChI=1S/C22H22ClFN4O3S/c1-15-11-17(16(2)28(15)20-9-7-18(23)8-10-20)13-25-26-22(29)14-27(32(3,30)31)21-6-4-5-19(24)12-21/h4-13H,14H2,1-3H3,(H,26,29)/b25-13-. The summed E-state index contributed by atoms with van der Waals surface area (Å²) in [5.41, 5.74) is 5.96. The molecule has 1 amide bonds. The molecule has 168 valence electrons. The first-order valence-corrected chi connectivity index (χ1v) is 11.8. The smallest absolute Gasteiger partial charge is 0.260 e. The number of nitrogens with one attached hydrogen (secondary N) is 1. The molecule has 0 aliphatic heterocycles. The van der Waals surface area contributed by atoms with E-state index in [0.29, 0.717) is 5.02 Å². The van der Waals surface area contributed by atoms with Crippen molar-refractivity contribution < 1.29 is 17.6 Å². The molecule has 1 aromatic heterocycles. The number of sulfonamides is 1. The van der Waals surface area contributed by atoms with Crippen LogP contribution in [0.5, 0.6) is 0 Å². The zero-order valence-electron chi connectivity index (χ0n) is 17.7. The van der Waals surface area contributed by atoms with Crippen LogP contribution >= 0.6 is 11.6 Å². The number of carbonyl (C=O) groups excluding carboxylic acids is 1. The molecule has 7 nitrogen and oxygen atoms in total. The van der Waals surface area contributed by atoms with Crippen LogP contribution in [0.4, 0.5) is 10.1 Å². The highest BCUT2D eigenvalue weighted by atomic mass is 35.5. The van der Waals surface area contributed by atoms with Gasteiger partial charge in [0.2, 0.25) is 10.0 Å². The van der Waals surface area contributed by atoms with E-state index in [1.807, 2.05) is 36.6 Å². The lowest BCUT2D eigenvalue weighted by Crippen LogP contribution is -2.39. The van der Waals surface area contributed by atoms with Crippen LogP contribution in [0.15, 0.2) is 59.7 Å². The van der Waals surface area contributed by atoms with Gasteiger partial charge >= 0.3 is 0 Å². The quantitative estimate of drug-likeness (QED) is 0.416. The molecule has 1 heterocycles. The first-order chi connectivity index (χ1) is 15.1. The van der Waals surface area contributed by atoms with Crippen molar-refractivity contribution in [1.29, 1.82) is 0 Å². The van der Waals surface area contributed by atoms with E-state index in [2.05, 4.69) is 10.5 Å². The highest BCUT2D eigenvalue weighted by molar-refractivity contribution is 7.92. The molecule has 3 rings (SSSR count). The second kappa shape index (κ2) is 9.54. The van der Waals surface area contributed by atoms with Gasteiger partial charge in [-0.1, -0.05) is 17.7 Å². The minimum absolute atomic E-state index is 0.0538. The van der Waals surface area contributed by atoms with Crippen LogP contribution in [0, 0.1) is 19.7 Å². The molecule has 0 fully saturated rings. The van der Waals surface area contributed by atoms with E-state index in [0.717, 1.165) is 39.3 Å². The molecule has 0 aliphatic rings. The summed E-state index contributed by atoms with van der Waals surface area (Å²) in [4.78, 5) is 12.3. The Kier molecular flexibility index (Phi) is 7.00. The molecule has 0 unspecified atom stereocenters. The van der Waals surface area contributed by atoms with Gasteiger partial charge in [0.15, 0.2) is 0 Å². The van der Waals surface area contributed by atoms with Gasteiger partial charge in [0, 0.05) is 27.7 Å². The van der Waals surface area contributed by atoms with Crippen LogP contribution in [0.2, 0.25) is 5.02 Å². The van der Waals surface area contributed by atoms with Crippen LogP contribution < -0.4 is 9.73 Å². The van der Waals surface area contributed by atoms with Crippen LogP contribution in [0.1, 0.15) is 17.0 Å². The molecule has 0 radical (unpaired) electrons. The average Bonchev–Trinajstić information content (AvgIpc) is 2.99. The average molecular weight is 477 g/mol. The van der Waals surface area contributed by atoms with Crippen LogP contribution in [0.25, 0.3) is 5.69 Å². The normalized spacial score (nSPS) is 11.7. The second-order valence-electron chi connectivity index (χ2n) is 7.18. The number of carbonyl (C=O) groups is 1. The third-order valence-corrected chi connectivity index (χ3v) is 6.12. The number of aromatic nitrogens is 1. The summed E-state index contributed by atoms with van der Waals surface area (Å²) in [6.45, 7) is 3.32. The summed E-state index contributed by atoms with van der Waals surface area (Å²) in [5, 5.41) is 4.60. The van der Waals surface area contributed by atoms with Gasteiger partial charge in [-0.3, -0.25) is 9.10 Å². The number of aryl methyl sites for hydroxylation is 1. The number of hydrogen-bond donors (Lipinski definition) is 1. The number of halogens is 2. The van der Waals surface area contributed by atoms with E-state index in [9.17, 15) is 17.6 Å². The zero-order valence-corrected chi connectivity index (χ0v) is 19.3. The van der Waals surface area contributed by atoms with Gasteiger partial charge in [0.1, 0.15) is 12.4 Å². The highest BCUT2D eigenvalue weighted by Gasteiger charge is 2.21. The molecule has 1 N–H and O–H groups in total. The van der Waals surface area contributed by atoms with Gasteiger partial charge in [0.25, 0.3) is 5.91 Å². The first kappa shape index (κ1) is 23.5. The van der Waals surface area contributed by atoms with E-state index in [-0.39, 0.29) is 5.69 Å². The number of hydrogen-bond acceptors (Lipinski definition) is 4. The van der Waals surface area contributed by atoms with Crippen molar-refractivity contribution in [3.63, 3.8) is 0 Å². The Labute approximate surface area is 191 Å². The predicted molar refractivity (Wildman–Crippen MR) is 125 cm³/mol. The lowest BCUT2D eigenvalue weighted by atomic mass is 10.2. The molecular weight excluding hydrogens is 455 g/mol. The van der Waals surface area contributed by atoms with Gasteiger partial charge in [-0.2, -0.15) is 5.10 Å². The molecule has 0 aliphatic carbocycles. The molecule has 0 atom stereocenters. The van der Waals surface area contributed by atoms with Crippen molar-refractivity contribution in [2.45, 2.75) is 13.8 Å². The minimum Gasteiger partial charge on any atom is -0.318 e. The van der Waals surface area contributed by atoms with E-state index >= 15 is 0 Å². The van der Waals surface area contributed by atoms with E-state index < -0.39 is 28.3 Å². The van der Waals surface area contributed by atoms with Crippen LogP contribution in [0.3, 0.4) is 0 Å². The molecule has 0 saturated heterocycles. The summed E-state index contributed by atoms with van der Waals surface area (Å²) in [7, 11) is -3.81. The number of benzene rings is 2. The Bertz CT molecular complexity index is 1270. The molecule has 3 aromatic rings. The topological polar surface area (TPSA) is 83.8 Å². The summed E-state index contributed by atoms with van der Waals surface area (Å²) in [5.74, 6) is -1.27. The lowest BCUT2D eigenvalue weighted by Gasteiger charge is -2.21. The maximum atomic E-state index is 13.5. The van der Waals surface area contributed by atoms with Gasteiger partial charge in [-0.05, 0) is 62.4 Å². The van der Waals surface area contributed by atoms with E-state index in [1.54, 1.807) is 12.1 Å². The van der Waals surface area contributed by atoms with Crippen molar-refractivity contribution in [2.75, 3.05) is 17.1 Å². The fourth-order valence-electron chi connectivity index (χ4n) is 3.28. The third-order valence-electron chi connectivity index (χ3n) is 4.73. The predicted octanol–water partition coefficient (Wildman–Crippen LogP) is 3.80. The van der Waals surface area contributed by atoms with Crippen molar-refractivity contribution >= 4 is 39.4 Å². The molecule has 2 aromatic carbocycles. The third kappa shape index (κ3) is 5.54. The molecular formula is C22H22ClFN4O3S. The SMILES string of the molecule is Cc1cc(/C=N\NC(=O)CN(c2cccc(F)c2)S(C)(=O)=O)c(C)n1-c1ccc(Cl)cc1. The number of anilines is 1. The first-order valence-electron chi connectivity index (χ1n) is 9.56.